The Hall–Kier alpha value is 0.220. The number of hydrogen-bond donors (Lipinski definition) is 4. The van der Waals surface area contributed by atoms with E-state index in [1.807, 2.05) is 0 Å². The number of hydrogen-bond acceptors (Lipinski definition) is 4. The molecule has 1 aliphatic carbocycles. The zero-order valence-electron chi connectivity index (χ0n) is 11.7. The summed E-state index contributed by atoms with van der Waals surface area (Å²) in [5, 5.41) is 28.0. The third-order valence-corrected chi connectivity index (χ3v) is 3.74. The molecular formula is C13H24NNaO4. The predicted molar refractivity (Wildman–Crippen MR) is 67.5 cm³/mol. The van der Waals surface area contributed by atoms with Crippen LogP contribution in [0.2, 0.25) is 0 Å². The maximum Gasteiger partial charge on any atom is 1.00 e. The van der Waals surface area contributed by atoms with Crippen molar-refractivity contribution in [2.24, 2.45) is 11.7 Å². The van der Waals surface area contributed by atoms with E-state index in [0.29, 0.717) is 12.3 Å². The van der Waals surface area contributed by atoms with Crippen LogP contribution < -0.4 is 35.3 Å². The van der Waals surface area contributed by atoms with Crippen molar-refractivity contribution in [3.8, 4) is 0 Å². The first-order valence-electron chi connectivity index (χ1n) is 6.71. The molecule has 106 valence electrons. The van der Waals surface area contributed by atoms with Crippen LogP contribution in [0.3, 0.4) is 0 Å². The first-order valence-corrected chi connectivity index (χ1v) is 6.71. The number of nitrogens with two attached hydrogens (primary N) is 1. The van der Waals surface area contributed by atoms with Crippen LogP contribution in [0.25, 0.3) is 0 Å². The molecule has 2 atom stereocenters. The minimum atomic E-state index is -1.23. The fourth-order valence-corrected chi connectivity index (χ4v) is 2.52. The van der Waals surface area contributed by atoms with Crippen LogP contribution in [-0.2, 0) is 4.79 Å². The van der Waals surface area contributed by atoms with Crippen molar-refractivity contribution in [2.75, 3.05) is 0 Å². The van der Waals surface area contributed by atoms with Gasteiger partial charge in [0, 0.05) is 0 Å². The quantitative estimate of drug-likeness (QED) is 0.320. The van der Waals surface area contributed by atoms with Gasteiger partial charge in [-0.1, -0.05) is 32.1 Å². The van der Waals surface area contributed by atoms with Crippen LogP contribution >= 0.6 is 0 Å². The average molecular weight is 281 g/mol. The SMILES string of the molecule is N[C-](CC(O)C(O)CCC1CCCCC1)C(=O)O.[Na+]. The van der Waals surface area contributed by atoms with Crippen molar-refractivity contribution in [1.29, 1.82) is 0 Å². The summed E-state index contributed by atoms with van der Waals surface area (Å²) in [7, 11) is 0. The Kier molecular flexibility index (Phi) is 10.1. The minimum Gasteiger partial charge on any atom is -0.502 e. The molecule has 1 fully saturated rings. The van der Waals surface area contributed by atoms with Crippen molar-refractivity contribution in [1.82, 2.24) is 0 Å². The monoisotopic (exact) mass is 281 g/mol. The van der Waals surface area contributed by atoms with E-state index in [9.17, 15) is 15.0 Å². The number of aliphatic hydroxyl groups is 2. The number of rotatable bonds is 7. The van der Waals surface area contributed by atoms with E-state index in [4.69, 9.17) is 10.8 Å². The minimum absolute atomic E-state index is 0. The Morgan fingerprint density at radius 2 is 1.79 bits per heavy atom. The molecule has 6 heteroatoms. The van der Waals surface area contributed by atoms with E-state index >= 15 is 0 Å². The molecule has 0 spiro atoms. The third kappa shape index (κ3) is 7.54. The second kappa shape index (κ2) is 10.0. The van der Waals surface area contributed by atoms with E-state index < -0.39 is 18.2 Å². The summed E-state index contributed by atoms with van der Waals surface area (Å²) in [6.07, 6.45) is 5.47. The van der Waals surface area contributed by atoms with Crippen molar-refractivity contribution in [2.45, 2.75) is 63.6 Å². The van der Waals surface area contributed by atoms with Crippen LogP contribution in [0.15, 0.2) is 0 Å². The molecule has 0 amide bonds. The van der Waals surface area contributed by atoms with E-state index in [0.717, 1.165) is 6.42 Å². The molecule has 0 heterocycles. The molecule has 0 aromatic heterocycles. The molecule has 1 aliphatic rings. The number of aliphatic carboxylic acids is 1. The maximum atomic E-state index is 10.5. The van der Waals surface area contributed by atoms with Gasteiger partial charge < -0.3 is 21.1 Å². The normalized spacial score (nSPS) is 19.3. The van der Waals surface area contributed by atoms with Gasteiger partial charge >= 0.3 is 29.6 Å². The number of carboxylic acid groups (broad SMARTS) is 1. The van der Waals surface area contributed by atoms with E-state index in [1.54, 1.807) is 0 Å². The molecule has 1 rings (SSSR count). The largest absolute Gasteiger partial charge is 1.00 e. The van der Waals surface area contributed by atoms with Gasteiger partial charge in [0.1, 0.15) is 0 Å². The fraction of sp³-hybridized carbons (Fsp3) is 0.846. The van der Waals surface area contributed by atoms with Crippen molar-refractivity contribution in [3.63, 3.8) is 0 Å². The fourth-order valence-electron chi connectivity index (χ4n) is 2.52. The van der Waals surface area contributed by atoms with Gasteiger partial charge in [-0.3, -0.25) is 4.79 Å². The Labute approximate surface area is 136 Å². The predicted octanol–water partition coefficient (Wildman–Crippen LogP) is -1.96. The Balaban J connectivity index is 0.00000324. The Morgan fingerprint density at radius 1 is 1.21 bits per heavy atom. The molecule has 2 unspecified atom stereocenters. The summed E-state index contributed by atoms with van der Waals surface area (Å²) in [4.78, 5) is 10.5. The van der Waals surface area contributed by atoms with Gasteiger partial charge in [-0.2, -0.15) is 0 Å². The standard InChI is InChI=1S/C13H24NO4.Na/c14-10(13(17)18)8-12(16)11(15)7-6-9-4-2-1-3-5-9;/h9,11-12,15-16H,1-8,14H2,(H,17,18);/q-1;+1. The molecule has 1 saturated carbocycles. The smallest absolute Gasteiger partial charge is 0.502 e. The molecule has 5 nitrogen and oxygen atoms in total. The van der Waals surface area contributed by atoms with E-state index in [2.05, 4.69) is 0 Å². The molecule has 0 radical (unpaired) electrons. The van der Waals surface area contributed by atoms with Gasteiger partial charge in [0.15, 0.2) is 5.97 Å². The summed E-state index contributed by atoms with van der Waals surface area (Å²) in [6.45, 7) is 0. The molecule has 0 bridgehead atoms. The topological polar surface area (TPSA) is 104 Å². The summed E-state index contributed by atoms with van der Waals surface area (Å²) in [5.41, 5.74) is 5.24. The van der Waals surface area contributed by atoms with Gasteiger partial charge in [-0.05, 0) is 18.8 Å². The van der Waals surface area contributed by atoms with Crippen LogP contribution in [0.5, 0.6) is 0 Å². The first-order chi connectivity index (χ1) is 8.50. The molecule has 5 N–H and O–H groups in total. The first kappa shape index (κ1) is 19.2. The molecule has 0 saturated heterocycles. The number of carbonyl (C=O) groups is 1. The van der Waals surface area contributed by atoms with Gasteiger partial charge in [0.25, 0.3) is 0 Å². The van der Waals surface area contributed by atoms with Crippen molar-refractivity contribution < 1.29 is 49.7 Å². The van der Waals surface area contributed by atoms with Gasteiger partial charge in [0.05, 0.1) is 12.2 Å². The summed E-state index contributed by atoms with van der Waals surface area (Å²) < 4.78 is 0. The second-order valence-corrected chi connectivity index (χ2v) is 5.25. The van der Waals surface area contributed by atoms with Crippen LogP contribution in [-0.4, -0.2) is 33.5 Å². The van der Waals surface area contributed by atoms with E-state index in [1.165, 1.54) is 32.1 Å². The molecule has 0 aromatic rings. The zero-order chi connectivity index (χ0) is 13.5. The summed E-state index contributed by atoms with van der Waals surface area (Å²) in [6, 6.07) is -0.306. The third-order valence-electron chi connectivity index (χ3n) is 3.74. The average Bonchev–Trinajstić information content (AvgIpc) is 2.36. The maximum absolute atomic E-state index is 10.5. The van der Waals surface area contributed by atoms with Gasteiger partial charge in [0.2, 0.25) is 0 Å². The van der Waals surface area contributed by atoms with Gasteiger partial charge in [-0.15, -0.1) is 6.42 Å². The number of carboxylic acids is 1. The summed E-state index contributed by atoms with van der Waals surface area (Å²) in [5.74, 6) is -0.588. The van der Waals surface area contributed by atoms with Crippen LogP contribution in [0.1, 0.15) is 51.4 Å². The number of aliphatic hydroxyl groups excluding tert-OH is 2. The van der Waals surface area contributed by atoms with Crippen molar-refractivity contribution >= 4 is 5.97 Å². The Bertz CT molecular complexity index is 259. The van der Waals surface area contributed by atoms with Crippen LogP contribution in [0.4, 0.5) is 0 Å². The molecule has 0 aliphatic heterocycles. The van der Waals surface area contributed by atoms with Gasteiger partial charge in [-0.25, -0.2) is 6.04 Å². The van der Waals surface area contributed by atoms with Crippen LogP contribution in [0, 0.1) is 12.0 Å². The molecule has 0 aromatic carbocycles. The van der Waals surface area contributed by atoms with Crippen molar-refractivity contribution in [3.05, 3.63) is 6.04 Å². The summed E-state index contributed by atoms with van der Waals surface area (Å²) >= 11 is 0. The second-order valence-electron chi connectivity index (χ2n) is 5.25. The molecule has 19 heavy (non-hydrogen) atoms. The Morgan fingerprint density at radius 3 is 2.32 bits per heavy atom. The molecular weight excluding hydrogens is 257 g/mol. The zero-order valence-corrected chi connectivity index (χ0v) is 13.7. The van der Waals surface area contributed by atoms with E-state index in [-0.39, 0.29) is 42.0 Å².